The van der Waals surface area contributed by atoms with E-state index in [0.29, 0.717) is 18.4 Å². The molecule has 1 aliphatic rings. The van der Waals surface area contributed by atoms with Crippen molar-refractivity contribution in [2.24, 2.45) is 7.05 Å². The summed E-state index contributed by atoms with van der Waals surface area (Å²) in [6.07, 6.45) is 7.05. The van der Waals surface area contributed by atoms with Gasteiger partial charge in [0.15, 0.2) is 11.5 Å². The van der Waals surface area contributed by atoms with Crippen molar-refractivity contribution in [2.45, 2.75) is 51.6 Å². The summed E-state index contributed by atoms with van der Waals surface area (Å²) in [4.78, 5) is 9.23. The molecule has 0 bridgehead atoms. The molecular formula is C22H25N7O. The third kappa shape index (κ3) is 3.22. The number of aryl methyl sites for hydroxylation is 2. The van der Waals surface area contributed by atoms with Crippen molar-refractivity contribution in [3.8, 4) is 17.1 Å². The minimum atomic E-state index is 0.323. The number of fused-ring (bicyclic) bond motifs is 1. The van der Waals surface area contributed by atoms with Crippen LogP contribution in [0, 0.1) is 0 Å². The average Bonchev–Trinajstić information content (AvgIpc) is 3.52. The van der Waals surface area contributed by atoms with Crippen molar-refractivity contribution >= 4 is 5.65 Å². The van der Waals surface area contributed by atoms with Crippen LogP contribution in [0.25, 0.3) is 16.9 Å². The zero-order valence-electron chi connectivity index (χ0n) is 17.3. The van der Waals surface area contributed by atoms with E-state index < -0.39 is 0 Å². The van der Waals surface area contributed by atoms with E-state index in [1.54, 1.807) is 4.68 Å². The molecule has 0 spiro atoms. The van der Waals surface area contributed by atoms with E-state index in [4.69, 9.17) is 9.72 Å². The molecular weight excluding hydrogens is 378 g/mol. The molecule has 8 heteroatoms. The van der Waals surface area contributed by atoms with Crippen molar-refractivity contribution in [2.75, 3.05) is 0 Å². The van der Waals surface area contributed by atoms with Gasteiger partial charge in [-0.1, -0.05) is 50.1 Å². The van der Waals surface area contributed by atoms with Crippen molar-refractivity contribution < 1.29 is 4.74 Å². The molecule has 0 radical (unpaired) electrons. The van der Waals surface area contributed by atoms with E-state index in [9.17, 15) is 0 Å². The van der Waals surface area contributed by atoms with E-state index >= 15 is 0 Å². The fourth-order valence-electron chi connectivity index (χ4n) is 4.29. The van der Waals surface area contributed by atoms with Crippen molar-refractivity contribution in [1.29, 1.82) is 0 Å². The molecule has 0 aliphatic heterocycles. The highest BCUT2D eigenvalue weighted by molar-refractivity contribution is 5.74. The number of ether oxygens (including phenoxy) is 1. The van der Waals surface area contributed by atoms with Gasteiger partial charge in [-0.2, -0.15) is 10.1 Å². The number of aromatic nitrogens is 7. The first-order chi connectivity index (χ1) is 14.8. The molecule has 3 heterocycles. The Bertz CT molecular complexity index is 1160. The molecule has 0 saturated heterocycles. The Balaban J connectivity index is 1.67. The van der Waals surface area contributed by atoms with Crippen LogP contribution in [0.5, 0.6) is 5.88 Å². The van der Waals surface area contributed by atoms with Crippen molar-refractivity contribution in [3.63, 3.8) is 0 Å². The summed E-state index contributed by atoms with van der Waals surface area (Å²) in [5.74, 6) is 2.74. The lowest BCUT2D eigenvalue weighted by atomic mass is 10.0. The van der Waals surface area contributed by atoms with Gasteiger partial charge in [-0.05, 0) is 12.8 Å². The summed E-state index contributed by atoms with van der Waals surface area (Å²) in [6, 6.07) is 10.1. The smallest absolute Gasteiger partial charge is 0.236 e. The van der Waals surface area contributed by atoms with Gasteiger partial charge in [-0.15, -0.1) is 10.2 Å². The van der Waals surface area contributed by atoms with Crippen LogP contribution in [-0.2, 0) is 20.1 Å². The van der Waals surface area contributed by atoms with Gasteiger partial charge in [0, 0.05) is 24.9 Å². The van der Waals surface area contributed by atoms with Crippen LogP contribution in [0.1, 0.15) is 55.9 Å². The van der Waals surface area contributed by atoms with E-state index in [0.717, 1.165) is 53.5 Å². The second-order valence-electron chi connectivity index (χ2n) is 7.72. The van der Waals surface area contributed by atoms with E-state index in [1.807, 2.05) is 37.4 Å². The van der Waals surface area contributed by atoms with Gasteiger partial charge in [0.25, 0.3) is 0 Å². The van der Waals surface area contributed by atoms with Crippen molar-refractivity contribution in [3.05, 3.63) is 54.0 Å². The van der Waals surface area contributed by atoms with Crippen LogP contribution in [0.15, 0.2) is 36.7 Å². The fraction of sp³-hybridized carbons (Fsp3) is 0.409. The van der Waals surface area contributed by atoms with Crippen molar-refractivity contribution in [1.82, 2.24) is 34.3 Å². The normalized spacial score (nSPS) is 14.6. The Hall–Kier alpha value is -3.29. The molecule has 154 valence electrons. The molecule has 1 fully saturated rings. The largest absolute Gasteiger partial charge is 0.468 e. The summed E-state index contributed by atoms with van der Waals surface area (Å²) in [7, 11) is 1.86. The summed E-state index contributed by atoms with van der Waals surface area (Å²) in [5.41, 5.74) is 3.71. The third-order valence-corrected chi connectivity index (χ3v) is 5.86. The number of rotatable bonds is 6. The first-order valence-corrected chi connectivity index (χ1v) is 10.5. The van der Waals surface area contributed by atoms with Crippen LogP contribution in [0.3, 0.4) is 0 Å². The monoisotopic (exact) mass is 403 g/mol. The summed E-state index contributed by atoms with van der Waals surface area (Å²) in [6.45, 7) is 2.42. The third-order valence-electron chi connectivity index (χ3n) is 5.86. The summed E-state index contributed by atoms with van der Waals surface area (Å²) in [5, 5.41) is 13.2. The summed E-state index contributed by atoms with van der Waals surface area (Å²) >= 11 is 0. The van der Waals surface area contributed by atoms with Gasteiger partial charge in [0.05, 0.1) is 5.69 Å². The maximum atomic E-state index is 6.24. The number of hydrogen-bond acceptors (Lipinski definition) is 6. The molecule has 8 nitrogen and oxygen atoms in total. The van der Waals surface area contributed by atoms with Crippen LogP contribution in [-0.4, -0.2) is 34.3 Å². The second-order valence-corrected chi connectivity index (χ2v) is 7.72. The molecule has 1 saturated carbocycles. The maximum absolute atomic E-state index is 6.24. The minimum absolute atomic E-state index is 0.323. The molecule has 1 aromatic carbocycles. The Labute approximate surface area is 175 Å². The number of imidazole rings is 1. The molecule has 4 aromatic rings. The van der Waals surface area contributed by atoms with Crippen LogP contribution in [0.4, 0.5) is 0 Å². The lowest BCUT2D eigenvalue weighted by Gasteiger charge is -2.14. The molecule has 0 amide bonds. The lowest BCUT2D eigenvalue weighted by molar-refractivity contribution is 0.275. The Kier molecular flexibility index (Phi) is 4.90. The number of nitrogens with zero attached hydrogens (tertiary/aromatic N) is 7. The number of hydrogen-bond donors (Lipinski definition) is 0. The molecule has 1 aliphatic carbocycles. The number of benzene rings is 1. The van der Waals surface area contributed by atoms with Gasteiger partial charge >= 0.3 is 0 Å². The highest BCUT2D eigenvalue weighted by Gasteiger charge is 2.29. The first kappa shape index (κ1) is 18.7. The molecule has 30 heavy (non-hydrogen) atoms. The zero-order chi connectivity index (χ0) is 20.5. The highest BCUT2D eigenvalue weighted by Crippen LogP contribution is 2.40. The first-order valence-electron chi connectivity index (χ1n) is 10.5. The predicted molar refractivity (Wildman–Crippen MR) is 112 cm³/mol. The van der Waals surface area contributed by atoms with E-state index in [2.05, 4.69) is 31.6 Å². The standard InChI is InChI=1S/C22H25N7O/c1-3-17-26-27-19(15-9-5-4-6-10-15)21-25-22(30-13-18-23-14-24-28(18)2)20(29(17)21)16-11-7-8-12-16/h4-6,9-10,14,16H,3,7-8,11-13H2,1-2H3. The predicted octanol–water partition coefficient (Wildman–Crippen LogP) is 3.72. The Morgan fingerprint density at radius 3 is 2.57 bits per heavy atom. The fourth-order valence-corrected chi connectivity index (χ4v) is 4.29. The second kappa shape index (κ2) is 7.85. The van der Waals surface area contributed by atoms with Gasteiger partial charge in [-0.25, -0.2) is 4.98 Å². The molecule has 0 atom stereocenters. The van der Waals surface area contributed by atoms with Gasteiger partial charge in [0.1, 0.15) is 24.5 Å². The van der Waals surface area contributed by atoms with Crippen LogP contribution in [0.2, 0.25) is 0 Å². The lowest BCUT2D eigenvalue weighted by Crippen LogP contribution is -2.10. The molecule has 5 rings (SSSR count). The topological polar surface area (TPSA) is 83.0 Å². The van der Waals surface area contributed by atoms with Crippen LogP contribution >= 0.6 is 0 Å². The van der Waals surface area contributed by atoms with Crippen LogP contribution < -0.4 is 4.74 Å². The SMILES string of the molecule is CCc1nnc(-c2ccccc2)c2nc(OCc3ncnn3C)c(C3CCCC3)n12. The molecule has 0 N–H and O–H groups in total. The molecule has 3 aromatic heterocycles. The van der Waals surface area contributed by atoms with Gasteiger partial charge in [0.2, 0.25) is 5.88 Å². The maximum Gasteiger partial charge on any atom is 0.236 e. The van der Waals surface area contributed by atoms with Gasteiger partial charge < -0.3 is 4.74 Å². The summed E-state index contributed by atoms with van der Waals surface area (Å²) < 4.78 is 10.2. The molecule has 0 unspecified atom stereocenters. The minimum Gasteiger partial charge on any atom is -0.468 e. The zero-order valence-corrected chi connectivity index (χ0v) is 17.3. The highest BCUT2D eigenvalue weighted by atomic mass is 16.5. The Morgan fingerprint density at radius 1 is 1.07 bits per heavy atom. The Morgan fingerprint density at radius 2 is 1.87 bits per heavy atom. The average molecular weight is 403 g/mol. The van der Waals surface area contributed by atoms with Gasteiger partial charge in [-0.3, -0.25) is 9.08 Å². The van der Waals surface area contributed by atoms with E-state index in [1.165, 1.54) is 19.2 Å². The quantitative estimate of drug-likeness (QED) is 0.488. The van der Waals surface area contributed by atoms with E-state index in [-0.39, 0.29) is 0 Å².